The van der Waals surface area contributed by atoms with Crippen molar-refractivity contribution in [2.75, 3.05) is 14.2 Å². The van der Waals surface area contributed by atoms with Gasteiger partial charge in [0.1, 0.15) is 28.7 Å². The maximum Gasteiger partial charge on any atom is 0.220 e. The average Bonchev–Trinajstić information content (AvgIpc) is 3.20. The molecule has 0 unspecified atom stereocenters. The van der Waals surface area contributed by atoms with E-state index in [1.54, 1.807) is 26.4 Å². The van der Waals surface area contributed by atoms with Crippen molar-refractivity contribution in [3.05, 3.63) is 89.5 Å². The fraction of sp³-hybridized carbons (Fsp3) is 0.231. The number of rotatable bonds is 9. The topological polar surface area (TPSA) is 65.4 Å². The number of amides is 1. The molecule has 1 heterocycles. The first-order valence-electron chi connectivity index (χ1n) is 10.7. The summed E-state index contributed by atoms with van der Waals surface area (Å²) in [6, 6.07) is 20.0. The molecule has 0 bridgehead atoms. The van der Waals surface area contributed by atoms with Crippen LogP contribution in [0.3, 0.4) is 0 Å². The Morgan fingerprint density at radius 2 is 1.58 bits per heavy atom. The van der Waals surface area contributed by atoms with Crippen LogP contribution in [0.5, 0.6) is 11.5 Å². The number of carbonyl (C=O) groups is 1. The summed E-state index contributed by atoms with van der Waals surface area (Å²) in [6.45, 7) is 0.879. The highest BCUT2D eigenvalue weighted by molar-refractivity contribution is 5.78. The zero-order chi connectivity index (χ0) is 23.2. The molecule has 1 N–H and O–H groups in total. The Labute approximate surface area is 192 Å². The van der Waals surface area contributed by atoms with Gasteiger partial charge in [-0.3, -0.25) is 4.79 Å². The SMILES string of the molecule is COc1ccc(CNC(=O)CCc2nc3cccc(F)c3n2Cc2ccc(OC)cc2)cc1. The molecule has 3 aromatic carbocycles. The van der Waals surface area contributed by atoms with Crippen LogP contribution in [-0.2, 0) is 24.3 Å². The molecule has 0 atom stereocenters. The van der Waals surface area contributed by atoms with Crippen LogP contribution in [0, 0.1) is 5.82 Å². The number of benzene rings is 3. The second-order valence-electron chi connectivity index (χ2n) is 7.69. The summed E-state index contributed by atoms with van der Waals surface area (Å²) in [7, 11) is 3.23. The third-order valence-corrected chi connectivity index (χ3v) is 5.52. The number of fused-ring (bicyclic) bond motifs is 1. The maximum absolute atomic E-state index is 14.7. The standard InChI is InChI=1S/C26H26FN3O3/c1-32-20-10-6-18(7-11-20)16-28-25(31)15-14-24-29-23-5-3-4-22(27)26(23)30(24)17-19-8-12-21(33-2)13-9-19/h3-13H,14-17H2,1-2H3,(H,28,31). The number of hydrogen-bond donors (Lipinski definition) is 1. The fourth-order valence-corrected chi connectivity index (χ4v) is 3.72. The van der Waals surface area contributed by atoms with Gasteiger partial charge in [0, 0.05) is 25.9 Å². The van der Waals surface area contributed by atoms with Crippen molar-refractivity contribution in [3.63, 3.8) is 0 Å². The van der Waals surface area contributed by atoms with Crippen molar-refractivity contribution in [3.8, 4) is 11.5 Å². The van der Waals surface area contributed by atoms with Gasteiger partial charge >= 0.3 is 0 Å². The van der Waals surface area contributed by atoms with E-state index in [2.05, 4.69) is 10.3 Å². The Morgan fingerprint density at radius 1 is 0.939 bits per heavy atom. The van der Waals surface area contributed by atoms with Gasteiger partial charge < -0.3 is 19.4 Å². The Morgan fingerprint density at radius 3 is 2.21 bits per heavy atom. The lowest BCUT2D eigenvalue weighted by molar-refractivity contribution is -0.121. The lowest BCUT2D eigenvalue weighted by atomic mass is 10.2. The second kappa shape index (κ2) is 10.2. The summed E-state index contributed by atoms with van der Waals surface area (Å²) >= 11 is 0. The summed E-state index contributed by atoms with van der Waals surface area (Å²) in [5.74, 6) is 1.78. The van der Waals surface area contributed by atoms with Crippen molar-refractivity contribution in [2.24, 2.45) is 0 Å². The summed E-state index contributed by atoms with van der Waals surface area (Å²) in [5.41, 5.74) is 3.00. The van der Waals surface area contributed by atoms with Gasteiger partial charge in [-0.1, -0.05) is 30.3 Å². The Hall–Kier alpha value is -3.87. The zero-order valence-corrected chi connectivity index (χ0v) is 18.7. The van der Waals surface area contributed by atoms with Crippen LogP contribution in [0.2, 0.25) is 0 Å². The van der Waals surface area contributed by atoms with E-state index in [0.29, 0.717) is 36.4 Å². The molecule has 4 rings (SSSR count). The zero-order valence-electron chi connectivity index (χ0n) is 18.7. The van der Waals surface area contributed by atoms with Crippen LogP contribution >= 0.6 is 0 Å². The Kier molecular flexibility index (Phi) is 6.88. The number of halogens is 1. The smallest absolute Gasteiger partial charge is 0.220 e. The molecule has 33 heavy (non-hydrogen) atoms. The van der Waals surface area contributed by atoms with Gasteiger partial charge in [-0.2, -0.15) is 0 Å². The van der Waals surface area contributed by atoms with E-state index < -0.39 is 0 Å². The van der Waals surface area contributed by atoms with E-state index in [1.807, 2.05) is 53.1 Å². The number of carbonyl (C=O) groups excluding carboxylic acids is 1. The first-order chi connectivity index (χ1) is 16.1. The van der Waals surface area contributed by atoms with Crippen molar-refractivity contribution >= 4 is 16.9 Å². The molecule has 0 aliphatic carbocycles. The number of aromatic nitrogens is 2. The van der Waals surface area contributed by atoms with E-state index in [9.17, 15) is 9.18 Å². The highest BCUT2D eigenvalue weighted by Crippen LogP contribution is 2.23. The lowest BCUT2D eigenvalue weighted by Crippen LogP contribution is -2.23. The van der Waals surface area contributed by atoms with Crippen molar-refractivity contribution in [2.45, 2.75) is 25.9 Å². The monoisotopic (exact) mass is 447 g/mol. The molecule has 0 aliphatic heterocycles. The number of methoxy groups -OCH3 is 2. The second-order valence-corrected chi connectivity index (χ2v) is 7.69. The number of ether oxygens (including phenoxy) is 2. The predicted molar refractivity (Wildman–Crippen MR) is 125 cm³/mol. The van der Waals surface area contributed by atoms with Crippen LogP contribution in [0.1, 0.15) is 23.4 Å². The lowest BCUT2D eigenvalue weighted by Gasteiger charge is -2.11. The largest absolute Gasteiger partial charge is 0.497 e. The third-order valence-electron chi connectivity index (χ3n) is 5.52. The maximum atomic E-state index is 14.7. The third kappa shape index (κ3) is 5.31. The molecule has 1 amide bonds. The van der Waals surface area contributed by atoms with Crippen LogP contribution in [0.4, 0.5) is 4.39 Å². The Balaban J connectivity index is 1.47. The van der Waals surface area contributed by atoms with Crippen LogP contribution < -0.4 is 14.8 Å². The molecule has 0 spiro atoms. The van der Waals surface area contributed by atoms with E-state index >= 15 is 0 Å². The Bertz CT molecular complexity index is 1230. The molecule has 0 fully saturated rings. The fourth-order valence-electron chi connectivity index (χ4n) is 3.72. The van der Waals surface area contributed by atoms with Crippen LogP contribution in [-0.4, -0.2) is 29.7 Å². The van der Waals surface area contributed by atoms with Crippen molar-refractivity contribution < 1.29 is 18.7 Å². The minimum atomic E-state index is -0.330. The van der Waals surface area contributed by atoms with E-state index in [-0.39, 0.29) is 18.1 Å². The molecule has 7 heteroatoms. The normalized spacial score (nSPS) is 10.9. The van der Waals surface area contributed by atoms with Gasteiger partial charge in [0.15, 0.2) is 0 Å². The quantitative estimate of drug-likeness (QED) is 0.411. The van der Waals surface area contributed by atoms with Gasteiger partial charge in [0.2, 0.25) is 5.91 Å². The number of imidazole rings is 1. The minimum Gasteiger partial charge on any atom is -0.497 e. The van der Waals surface area contributed by atoms with Crippen LogP contribution in [0.25, 0.3) is 11.0 Å². The molecule has 0 aliphatic rings. The van der Waals surface area contributed by atoms with Crippen molar-refractivity contribution in [1.82, 2.24) is 14.9 Å². The van der Waals surface area contributed by atoms with E-state index in [4.69, 9.17) is 9.47 Å². The molecule has 0 radical (unpaired) electrons. The van der Waals surface area contributed by atoms with Gasteiger partial charge in [-0.25, -0.2) is 9.37 Å². The number of nitrogens with zero attached hydrogens (tertiary/aromatic N) is 2. The average molecular weight is 448 g/mol. The van der Waals surface area contributed by atoms with Crippen molar-refractivity contribution in [1.29, 1.82) is 0 Å². The molecule has 6 nitrogen and oxygen atoms in total. The van der Waals surface area contributed by atoms with Gasteiger partial charge in [0.25, 0.3) is 0 Å². The van der Waals surface area contributed by atoms with Gasteiger partial charge in [-0.15, -0.1) is 0 Å². The molecule has 170 valence electrons. The molecule has 4 aromatic rings. The minimum absolute atomic E-state index is 0.0886. The van der Waals surface area contributed by atoms with E-state index in [1.165, 1.54) is 6.07 Å². The summed E-state index contributed by atoms with van der Waals surface area (Å²) in [4.78, 5) is 17.1. The summed E-state index contributed by atoms with van der Waals surface area (Å²) < 4.78 is 26.9. The number of hydrogen-bond acceptors (Lipinski definition) is 4. The number of nitrogens with one attached hydrogen (secondary N) is 1. The van der Waals surface area contributed by atoms with E-state index in [0.717, 1.165) is 22.6 Å². The molecule has 0 saturated carbocycles. The molecule has 1 aromatic heterocycles. The first-order valence-corrected chi connectivity index (χ1v) is 10.7. The summed E-state index contributed by atoms with van der Waals surface area (Å²) in [5, 5.41) is 2.93. The highest BCUT2D eigenvalue weighted by Gasteiger charge is 2.16. The summed E-state index contributed by atoms with van der Waals surface area (Å²) in [6.07, 6.45) is 0.655. The number of aryl methyl sites for hydroxylation is 1. The number of para-hydroxylation sites is 1. The predicted octanol–water partition coefficient (Wildman–Crippen LogP) is 4.49. The van der Waals surface area contributed by atoms with Gasteiger partial charge in [-0.05, 0) is 47.5 Å². The molecular weight excluding hydrogens is 421 g/mol. The first kappa shape index (κ1) is 22.3. The molecular formula is C26H26FN3O3. The highest BCUT2D eigenvalue weighted by atomic mass is 19.1. The van der Waals surface area contributed by atoms with Crippen LogP contribution in [0.15, 0.2) is 66.7 Å². The van der Waals surface area contributed by atoms with Gasteiger partial charge in [0.05, 0.1) is 19.7 Å². The molecule has 0 saturated heterocycles.